The van der Waals surface area contributed by atoms with Crippen molar-refractivity contribution in [1.82, 2.24) is 4.57 Å². The summed E-state index contributed by atoms with van der Waals surface area (Å²) < 4.78 is 13.5. The van der Waals surface area contributed by atoms with E-state index in [0.717, 1.165) is 35.3 Å². The third-order valence-corrected chi connectivity index (χ3v) is 7.58. The van der Waals surface area contributed by atoms with Gasteiger partial charge in [0.15, 0.2) is 10.7 Å². The third-order valence-electron chi connectivity index (χ3n) is 6.60. The average molecular weight is 516 g/mol. The Hall–Kier alpha value is -3.91. The molecule has 0 aliphatic carbocycles. The molecule has 8 heteroatoms. The van der Waals surface area contributed by atoms with Gasteiger partial charge in [0, 0.05) is 25.2 Å². The van der Waals surface area contributed by atoms with Crippen molar-refractivity contribution >= 4 is 40.0 Å². The number of ether oxygens (including phenoxy) is 1. The lowest BCUT2D eigenvalue weighted by atomic mass is 9.91. The number of hydrogen-bond acceptors (Lipinski definition) is 7. The van der Waals surface area contributed by atoms with Gasteiger partial charge in [0.2, 0.25) is 0 Å². The van der Waals surface area contributed by atoms with E-state index in [-0.39, 0.29) is 12.2 Å². The van der Waals surface area contributed by atoms with Crippen LogP contribution in [-0.2, 0) is 9.53 Å². The lowest BCUT2D eigenvalue weighted by Crippen LogP contribution is -2.40. The number of nitrogens with zero attached hydrogens (tertiary/aromatic N) is 3. The van der Waals surface area contributed by atoms with Crippen LogP contribution in [0.1, 0.15) is 45.1 Å². The van der Waals surface area contributed by atoms with Crippen molar-refractivity contribution in [1.29, 1.82) is 0 Å². The number of benzene rings is 2. The SMILES string of the molecule is CCOC(=O)C1=C(C)N=c2s/c(=C/c3ccc(N(CC)CC)o3)c(=O)n2[C@H]1c1cccc2ccccc12. The first-order valence-electron chi connectivity index (χ1n) is 12.5. The summed E-state index contributed by atoms with van der Waals surface area (Å²) >= 11 is 1.29. The van der Waals surface area contributed by atoms with Crippen LogP contribution in [-0.4, -0.2) is 30.2 Å². The van der Waals surface area contributed by atoms with Crippen LogP contribution < -0.4 is 19.8 Å². The number of furan rings is 1. The lowest BCUT2D eigenvalue weighted by Gasteiger charge is -2.25. The molecule has 2 aromatic carbocycles. The van der Waals surface area contributed by atoms with Crippen molar-refractivity contribution in [3.8, 4) is 0 Å². The van der Waals surface area contributed by atoms with Crippen LogP contribution in [0.25, 0.3) is 16.8 Å². The molecule has 0 fully saturated rings. The first-order valence-corrected chi connectivity index (χ1v) is 13.3. The Balaban J connectivity index is 1.72. The maximum absolute atomic E-state index is 13.9. The number of carbonyl (C=O) groups is 1. The molecule has 1 aliphatic rings. The molecule has 0 N–H and O–H groups in total. The molecule has 3 heterocycles. The Morgan fingerprint density at radius 3 is 2.62 bits per heavy atom. The van der Waals surface area contributed by atoms with Gasteiger partial charge in [-0.15, -0.1) is 0 Å². The Kier molecular flexibility index (Phi) is 6.84. The van der Waals surface area contributed by atoms with Gasteiger partial charge < -0.3 is 14.1 Å². The van der Waals surface area contributed by atoms with Crippen LogP contribution in [0.3, 0.4) is 0 Å². The van der Waals surface area contributed by atoms with E-state index >= 15 is 0 Å². The van der Waals surface area contributed by atoms with Gasteiger partial charge in [-0.2, -0.15) is 0 Å². The molecule has 0 spiro atoms. The Bertz CT molecular complexity index is 1680. The number of rotatable bonds is 7. The van der Waals surface area contributed by atoms with Crippen molar-refractivity contribution in [3.63, 3.8) is 0 Å². The Morgan fingerprint density at radius 1 is 1.11 bits per heavy atom. The van der Waals surface area contributed by atoms with Gasteiger partial charge in [0.05, 0.1) is 28.5 Å². The summed E-state index contributed by atoms with van der Waals surface area (Å²) in [5.41, 5.74) is 1.55. The molecule has 0 bridgehead atoms. The van der Waals surface area contributed by atoms with Crippen molar-refractivity contribution in [2.24, 2.45) is 4.99 Å². The van der Waals surface area contributed by atoms with E-state index in [4.69, 9.17) is 9.15 Å². The molecule has 0 amide bonds. The van der Waals surface area contributed by atoms with Gasteiger partial charge in [-0.05, 0) is 50.1 Å². The number of aromatic nitrogens is 1. The largest absolute Gasteiger partial charge is 0.463 e. The van der Waals surface area contributed by atoms with Crippen LogP contribution in [0.15, 0.2) is 80.1 Å². The number of carbonyl (C=O) groups excluding carboxylic acids is 1. The minimum atomic E-state index is -0.661. The minimum absolute atomic E-state index is 0.225. The molecule has 4 aromatic rings. The lowest BCUT2D eigenvalue weighted by molar-refractivity contribution is -0.139. The standard InChI is InChI=1S/C29H29N3O4S/c1-5-31(6-2)24-16-15-20(36-24)17-23-27(33)32-26(22-14-10-12-19-11-8-9-13-21(19)22)25(28(34)35-7-3)18(4)30-29(32)37-23/h8-17,26H,5-7H2,1-4H3/b23-17+/t26-/m0/s1. The second-order valence-corrected chi connectivity index (χ2v) is 9.73. The molecule has 0 saturated carbocycles. The number of hydrogen-bond donors (Lipinski definition) is 0. The molecule has 0 unspecified atom stereocenters. The molecular formula is C29H29N3O4S. The monoisotopic (exact) mass is 515 g/mol. The van der Waals surface area contributed by atoms with E-state index < -0.39 is 12.0 Å². The first kappa shape index (κ1) is 24.8. The van der Waals surface area contributed by atoms with E-state index in [9.17, 15) is 9.59 Å². The molecule has 1 atom stereocenters. The second-order valence-electron chi connectivity index (χ2n) is 8.72. The highest BCUT2D eigenvalue weighted by molar-refractivity contribution is 7.07. The Morgan fingerprint density at radius 2 is 1.86 bits per heavy atom. The van der Waals surface area contributed by atoms with E-state index in [0.29, 0.717) is 26.4 Å². The normalized spacial score (nSPS) is 15.6. The molecule has 2 aromatic heterocycles. The highest BCUT2D eigenvalue weighted by Gasteiger charge is 2.34. The smallest absolute Gasteiger partial charge is 0.338 e. The fraction of sp³-hybridized carbons (Fsp3) is 0.276. The predicted octanol–water partition coefficient (Wildman–Crippen LogP) is 4.39. The summed E-state index contributed by atoms with van der Waals surface area (Å²) in [4.78, 5) is 34.4. The van der Waals surface area contributed by atoms with Crippen molar-refractivity contribution < 1.29 is 13.9 Å². The second kappa shape index (κ2) is 10.2. The van der Waals surface area contributed by atoms with Crippen LogP contribution in [0.5, 0.6) is 0 Å². The zero-order valence-electron chi connectivity index (χ0n) is 21.4. The summed E-state index contributed by atoms with van der Waals surface area (Å²) in [6.07, 6.45) is 1.75. The van der Waals surface area contributed by atoms with E-state index in [1.54, 1.807) is 24.5 Å². The molecule has 5 rings (SSSR count). The van der Waals surface area contributed by atoms with Crippen molar-refractivity contribution in [2.45, 2.75) is 33.7 Å². The van der Waals surface area contributed by atoms with Gasteiger partial charge >= 0.3 is 5.97 Å². The van der Waals surface area contributed by atoms with Crippen LogP contribution in [0, 0.1) is 0 Å². The van der Waals surface area contributed by atoms with Gasteiger partial charge in [0.25, 0.3) is 5.56 Å². The van der Waals surface area contributed by atoms with Crippen molar-refractivity contribution in [3.05, 3.63) is 96.9 Å². The molecule has 190 valence electrons. The summed E-state index contributed by atoms with van der Waals surface area (Å²) in [5, 5.41) is 2.00. The zero-order chi connectivity index (χ0) is 26.1. The number of esters is 1. The zero-order valence-corrected chi connectivity index (χ0v) is 22.2. The van der Waals surface area contributed by atoms with Crippen LogP contribution in [0.4, 0.5) is 5.88 Å². The average Bonchev–Trinajstić information content (AvgIpc) is 3.48. The fourth-order valence-corrected chi connectivity index (χ4v) is 5.86. The summed E-state index contributed by atoms with van der Waals surface area (Å²) in [6.45, 7) is 9.59. The van der Waals surface area contributed by atoms with Crippen LogP contribution >= 0.6 is 11.3 Å². The van der Waals surface area contributed by atoms with E-state index in [1.165, 1.54) is 11.3 Å². The maximum atomic E-state index is 13.9. The van der Waals surface area contributed by atoms with Gasteiger partial charge in [0.1, 0.15) is 5.76 Å². The highest BCUT2D eigenvalue weighted by Crippen LogP contribution is 2.34. The number of fused-ring (bicyclic) bond motifs is 2. The molecule has 37 heavy (non-hydrogen) atoms. The molecule has 1 aliphatic heterocycles. The van der Waals surface area contributed by atoms with E-state index in [2.05, 4.69) is 23.7 Å². The molecule has 0 radical (unpaired) electrons. The van der Waals surface area contributed by atoms with E-state index in [1.807, 2.05) is 54.6 Å². The van der Waals surface area contributed by atoms with Gasteiger partial charge in [-0.25, -0.2) is 9.79 Å². The number of thiazole rings is 1. The highest BCUT2D eigenvalue weighted by atomic mass is 32.1. The maximum Gasteiger partial charge on any atom is 0.338 e. The van der Waals surface area contributed by atoms with Gasteiger partial charge in [-0.1, -0.05) is 53.8 Å². The number of allylic oxidation sites excluding steroid dienone is 1. The molecule has 7 nitrogen and oxygen atoms in total. The summed E-state index contributed by atoms with van der Waals surface area (Å²) in [5.74, 6) is 0.888. The minimum Gasteiger partial charge on any atom is -0.463 e. The van der Waals surface area contributed by atoms with Crippen molar-refractivity contribution in [2.75, 3.05) is 24.6 Å². The summed E-state index contributed by atoms with van der Waals surface area (Å²) in [7, 11) is 0. The first-order chi connectivity index (χ1) is 18.0. The number of anilines is 1. The predicted molar refractivity (Wildman–Crippen MR) is 147 cm³/mol. The molecule has 0 saturated heterocycles. The summed E-state index contributed by atoms with van der Waals surface area (Å²) in [6, 6.07) is 17.0. The Labute approximate surface area is 218 Å². The van der Waals surface area contributed by atoms with Crippen LogP contribution in [0.2, 0.25) is 0 Å². The topological polar surface area (TPSA) is 77.0 Å². The third kappa shape index (κ3) is 4.42. The van der Waals surface area contributed by atoms with Gasteiger partial charge in [-0.3, -0.25) is 9.36 Å². The quantitative estimate of drug-likeness (QED) is 0.341. The fourth-order valence-electron chi connectivity index (χ4n) is 4.83. The molecular weight excluding hydrogens is 486 g/mol.